The van der Waals surface area contributed by atoms with Gasteiger partial charge in [0.15, 0.2) is 11.1 Å². The molecule has 1 saturated carbocycles. The van der Waals surface area contributed by atoms with Gasteiger partial charge in [-0.3, -0.25) is 10.1 Å². The van der Waals surface area contributed by atoms with Gasteiger partial charge in [-0.15, -0.1) is 0 Å². The van der Waals surface area contributed by atoms with E-state index in [-0.39, 0.29) is 17.6 Å². The lowest BCUT2D eigenvalue weighted by Gasteiger charge is -2.20. The van der Waals surface area contributed by atoms with E-state index in [4.69, 9.17) is 4.55 Å². The van der Waals surface area contributed by atoms with Crippen LogP contribution in [0.2, 0.25) is 0 Å². The van der Waals surface area contributed by atoms with Crippen molar-refractivity contribution in [1.82, 2.24) is 10.6 Å². The second kappa shape index (κ2) is 8.94. The summed E-state index contributed by atoms with van der Waals surface area (Å²) < 4.78 is 19.8. The van der Waals surface area contributed by atoms with E-state index < -0.39 is 17.1 Å². The van der Waals surface area contributed by atoms with E-state index in [9.17, 15) is 13.8 Å². The van der Waals surface area contributed by atoms with Gasteiger partial charge in [-0.05, 0) is 23.5 Å². The van der Waals surface area contributed by atoms with Crippen molar-refractivity contribution in [2.24, 2.45) is 5.92 Å². The molecular weight excluding hydrogens is 328 g/mol. The van der Waals surface area contributed by atoms with Gasteiger partial charge in [-0.1, -0.05) is 49.9 Å². The Balaban J connectivity index is 2.15. The summed E-state index contributed by atoms with van der Waals surface area (Å²) in [6.45, 7) is 0. The van der Waals surface area contributed by atoms with Crippen molar-refractivity contribution in [3.8, 4) is 0 Å². The first-order chi connectivity index (χ1) is 11.5. The highest BCUT2D eigenvalue weighted by Crippen LogP contribution is 2.34. The second-order valence-electron chi connectivity index (χ2n) is 6.21. The van der Waals surface area contributed by atoms with Crippen LogP contribution in [-0.4, -0.2) is 27.7 Å². The molecule has 2 rings (SSSR count). The van der Waals surface area contributed by atoms with Gasteiger partial charge in [0.05, 0.1) is 11.7 Å². The molecule has 7 heteroatoms. The van der Waals surface area contributed by atoms with Gasteiger partial charge in [0.25, 0.3) is 0 Å². The molecule has 1 aliphatic carbocycles. The van der Waals surface area contributed by atoms with Gasteiger partial charge in [-0.2, -0.15) is 0 Å². The van der Waals surface area contributed by atoms with Crippen molar-refractivity contribution >= 4 is 23.0 Å². The molecule has 1 aromatic carbocycles. The molecule has 0 aliphatic heterocycles. The minimum Gasteiger partial charge on any atom is -0.341 e. The SMILES string of the molecule is CNC(=O)NC(=O)C(CC1CCCC1)c1ccc(CS(=O)O)cc1. The second-order valence-corrected chi connectivity index (χ2v) is 7.15. The largest absolute Gasteiger partial charge is 0.341 e. The summed E-state index contributed by atoms with van der Waals surface area (Å²) in [6.07, 6.45) is 5.33. The topological polar surface area (TPSA) is 95.5 Å². The van der Waals surface area contributed by atoms with Crippen molar-refractivity contribution in [3.05, 3.63) is 35.4 Å². The highest BCUT2D eigenvalue weighted by Gasteiger charge is 2.27. The Bertz CT molecular complexity index is 597. The Morgan fingerprint density at radius 1 is 1.25 bits per heavy atom. The molecule has 1 aromatic rings. The maximum absolute atomic E-state index is 12.5. The number of carbonyl (C=O) groups excluding carboxylic acids is 2. The fraction of sp³-hybridized carbons (Fsp3) is 0.529. The van der Waals surface area contributed by atoms with Crippen molar-refractivity contribution in [1.29, 1.82) is 0 Å². The number of imide groups is 1. The maximum atomic E-state index is 12.5. The third kappa shape index (κ3) is 5.42. The third-order valence-corrected chi connectivity index (χ3v) is 5.08. The monoisotopic (exact) mass is 352 g/mol. The molecule has 0 bridgehead atoms. The van der Waals surface area contributed by atoms with Gasteiger partial charge in [0, 0.05) is 7.05 Å². The van der Waals surface area contributed by atoms with Crippen LogP contribution in [0.5, 0.6) is 0 Å². The average Bonchev–Trinajstić information content (AvgIpc) is 3.06. The van der Waals surface area contributed by atoms with Crippen molar-refractivity contribution in [2.75, 3.05) is 7.05 Å². The number of rotatable bonds is 6. The van der Waals surface area contributed by atoms with Crippen molar-refractivity contribution in [3.63, 3.8) is 0 Å². The molecule has 0 radical (unpaired) electrons. The van der Waals surface area contributed by atoms with Crippen LogP contribution in [0.25, 0.3) is 0 Å². The average molecular weight is 352 g/mol. The minimum atomic E-state index is -1.89. The molecule has 3 amide bonds. The molecular formula is C17H24N2O4S. The van der Waals surface area contributed by atoms with Gasteiger partial charge in [-0.25, -0.2) is 9.00 Å². The Morgan fingerprint density at radius 2 is 1.88 bits per heavy atom. The summed E-state index contributed by atoms with van der Waals surface area (Å²) >= 11 is -1.89. The highest BCUT2D eigenvalue weighted by molar-refractivity contribution is 7.78. The number of hydrogen-bond donors (Lipinski definition) is 3. The Morgan fingerprint density at radius 3 is 2.42 bits per heavy atom. The summed E-state index contributed by atoms with van der Waals surface area (Å²) in [7, 11) is 1.47. The number of nitrogens with one attached hydrogen (secondary N) is 2. The van der Waals surface area contributed by atoms with Crippen LogP contribution in [0.3, 0.4) is 0 Å². The molecule has 24 heavy (non-hydrogen) atoms. The zero-order valence-electron chi connectivity index (χ0n) is 13.8. The number of amides is 3. The predicted octanol–water partition coefficient (Wildman–Crippen LogP) is 2.53. The smallest absolute Gasteiger partial charge is 0.321 e. The number of urea groups is 1. The first-order valence-electron chi connectivity index (χ1n) is 8.18. The van der Waals surface area contributed by atoms with E-state index in [1.807, 2.05) is 12.1 Å². The minimum absolute atomic E-state index is 0.0675. The standard InChI is InChI=1S/C17H24N2O4S/c1-18-17(21)19-16(20)15(10-12-4-2-3-5-12)14-8-6-13(7-9-14)11-24(22)23/h6-9,12,15H,2-5,10-11H2,1H3,(H,22,23)(H2,18,19,20,21). The van der Waals surface area contributed by atoms with Crippen LogP contribution in [0.15, 0.2) is 24.3 Å². The molecule has 0 heterocycles. The lowest BCUT2D eigenvalue weighted by atomic mass is 9.87. The fourth-order valence-electron chi connectivity index (χ4n) is 3.22. The zero-order valence-corrected chi connectivity index (χ0v) is 14.6. The molecule has 2 atom stereocenters. The van der Waals surface area contributed by atoms with E-state index in [1.165, 1.54) is 19.9 Å². The van der Waals surface area contributed by atoms with Crippen LogP contribution < -0.4 is 10.6 Å². The van der Waals surface area contributed by atoms with Crippen LogP contribution in [0.1, 0.15) is 49.1 Å². The summed E-state index contributed by atoms with van der Waals surface area (Å²) in [5.41, 5.74) is 1.57. The third-order valence-electron chi connectivity index (χ3n) is 4.50. The fourth-order valence-corrected chi connectivity index (χ4v) is 3.70. The number of hydrogen-bond acceptors (Lipinski definition) is 3. The lowest BCUT2D eigenvalue weighted by molar-refractivity contribution is -0.121. The van der Waals surface area contributed by atoms with E-state index in [0.29, 0.717) is 12.3 Å². The predicted molar refractivity (Wildman–Crippen MR) is 92.8 cm³/mol. The highest BCUT2D eigenvalue weighted by atomic mass is 32.2. The summed E-state index contributed by atoms with van der Waals surface area (Å²) in [5, 5.41) is 4.77. The Labute approximate surface area is 144 Å². The molecule has 2 unspecified atom stereocenters. The molecule has 6 nitrogen and oxygen atoms in total. The van der Waals surface area contributed by atoms with Crippen LogP contribution in [0, 0.1) is 5.92 Å². The van der Waals surface area contributed by atoms with Gasteiger partial charge in [0.2, 0.25) is 5.91 Å². The van der Waals surface area contributed by atoms with E-state index in [1.54, 1.807) is 12.1 Å². The molecule has 0 spiro atoms. The first-order valence-corrected chi connectivity index (χ1v) is 9.46. The van der Waals surface area contributed by atoms with Crippen molar-refractivity contribution in [2.45, 2.75) is 43.8 Å². The normalized spacial score (nSPS) is 17.2. The van der Waals surface area contributed by atoms with Crippen LogP contribution in [-0.2, 0) is 21.6 Å². The molecule has 0 aromatic heterocycles. The van der Waals surface area contributed by atoms with E-state index in [0.717, 1.165) is 24.0 Å². The summed E-state index contributed by atoms with van der Waals surface area (Å²) in [6, 6.07) is 6.64. The number of carbonyl (C=O) groups is 2. The van der Waals surface area contributed by atoms with Crippen molar-refractivity contribution < 1.29 is 18.4 Å². The first kappa shape index (κ1) is 18.6. The lowest BCUT2D eigenvalue weighted by Crippen LogP contribution is -2.40. The Hall–Kier alpha value is -1.73. The van der Waals surface area contributed by atoms with Crippen LogP contribution >= 0.6 is 0 Å². The van der Waals surface area contributed by atoms with E-state index >= 15 is 0 Å². The molecule has 1 fully saturated rings. The molecule has 0 saturated heterocycles. The summed E-state index contributed by atoms with van der Waals surface area (Å²) in [4.78, 5) is 24.0. The zero-order chi connectivity index (χ0) is 17.5. The van der Waals surface area contributed by atoms with E-state index in [2.05, 4.69) is 10.6 Å². The molecule has 1 aliphatic rings. The quantitative estimate of drug-likeness (QED) is 0.686. The Kier molecular flexibility index (Phi) is 6.93. The van der Waals surface area contributed by atoms with Gasteiger partial charge in [0.1, 0.15) is 0 Å². The molecule has 3 N–H and O–H groups in total. The summed E-state index contributed by atoms with van der Waals surface area (Å²) in [5.74, 6) is -0.133. The number of benzene rings is 1. The maximum Gasteiger partial charge on any atom is 0.321 e. The van der Waals surface area contributed by atoms with Gasteiger partial charge < -0.3 is 9.87 Å². The molecule has 132 valence electrons. The van der Waals surface area contributed by atoms with Gasteiger partial charge >= 0.3 is 6.03 Å². The van der Waals surface area contributed by atoms with Crippen LogP contribution in [0.4, 0.5) is 4.79 Å².